The van der Waals surface area contributed by atoms with E-state index in [0.717, 1.165) is 26.3 Å². The van der Waals surface area contributed by atoms with Crippen LogP contribution in [0, 0.1) is 12.3 Å². The number of rotatable bonds is 4. The van der Waals surface area contributed by atoms with Crippen LogP contribution < -0.4 is 11.3 Å². The predicted molar refractivity (Wildman–Crippen MR) is 68.2 cm³/mol. The zero-order chi connectivity index (χ0) is 12.1. The number of hydrogen-bond donors (Lipinski definition) is 2. The van der Waals surface area contributed by atoms with Crippen LogP contribution in [-0.4, -0.2) is 42.8 Å². The normalized spacial score (nSPS) is 26.6. The van der Waals surface area contributed by atoms with E-state index in [1.807, 2.05) is 0 Å². The van der Waals surface area contributed by atoms with Gasteiger partial charge >= 0.3 is 0 Å². The molecule has 3 N–H and O–H groups in total. The first kappa shape index (κ1) is 12.8. The minimum Gasteiger partial charge on any atom is -0.379 e. The smallest absolute Gasteiger partial charge is 0.0594 e. The molecule has 2 aliphatic rings. The summed E-state index contributed by atoms with van der Waals surface area (Å²) in [5.41, 5.74) is 3.12. The number of nitrogens with two attached hydrogens (primary N) is 1. The molecule has 17 heavy (non-hydrogen) atoms. The van der Waals surface area contributed by atoms with Crippen molar-refractivity contribution in [3.05, 3.63) is 0 Å². The first-order chi connectivity index (χ1) is 8.33. The number of morpholine rings is 1. The largest absolute Gasteiger partial charge is 0.379 e. The summed E-state index contributed by atoms with van der Waals surface area (Å²) in [7, 11) is 0. The Bertz CT molecular complexity index is 275. The van der Waals surface area contributed by atoms with Crippen molar-refractivity contribution in [3.63, 3.8) is 0 Å². The van der Waals surface area contributed by atoms with Crippen LogP contribution >= 0.6 is 0 Å². The maximum atomic E-state index is 5.73. The molecule has 1 saturated carbocycles. The fraction of sp³-hybridized carbons (Fsp3) is 0.846. The standard InChI is InChI=1S/C13H23N3O/c1-2-5-12(15-14)13(6-3-4-7-13)16-8-10-17-11-9-16/h1,12,15H,3-11,14H2. The van der Waals surface area contributed by atoms with E-state index in [0.29, 0.717) is 6.42 Å². The Kier molecular flexibility index (Phi) is 4.41. The van der Waals surface area contributed by atoms with Crippen molar-refractivity contribution in [2.75, 3.05) is 26.3 Å². The van der Waals surface area contributed by atoms with E-state index >= 15 is 0 Å². The van der Waals surface area contributed by atoms with Gasteiger partial charge in [-0.05, 0) is 12.8 Å². The van der Waals surface area contributed by atoms with Gasteiger partial charge in [0.2, 0.25) is 0 Å². The van der Waals surface area contributed by atoms with Crippen LogP contribution in [0.3, 0.4) is 0 Å². The van der Waals surface area contributed by atoms with Gasteiger partial charge in [0.1, 0.15) is 0 Å². The van der Waals surface area contributed by atoms with Gasteiger partial charge in [0.15, 0.2) is 0 Å². The summed E-state index contributed by atoms with van der Waals surface area (Å²) in [5.74, 6) is 8.49. The average Bonchev–Trinajstić information content (AvgIpc) is 2.87. The van der Waals surface area contributed by atoms with Crippen LogP contribution in [0.4, 0.5) is 0 Å². The topological polar surface area (TPSA) is 50.5 Å². The fourth-order valence-electron chi connectivity index (χ4n) is 3.40. The first-order valence-electron chi connectivity index (χ1n) is 6.56. The van der Waals surface area contributed by atoms with Crippen LogP contribution in [0.5, 0.6) is 0 Å². The van der Waals surface area contributed by atoms with Crippen molar-refractivity contribution < 1.29 is 4.74 Å². The van der Waals surface area contributed by atoms with E-state index < -0.39 is 0 Å². The molecule has 1 aliphatic heterocycles. The highest BCUT2D eigenvalue weighted by Gasteiger charge is 2.45. The summed E-state index contributed by atoms with van der Waals surface area (Å²) in [6.45, 7) is 3.66. The third-order valence-electron chi connectivity index (χ3n) is 4.28. The lowest BCUT2D eigenvalue weighted by molar-refractivity contribution is -0.0351. The maximum absolute atomic E-state index is 5.73. The summed E-state index contributed by atoms with van der Waals surface area (Å²) in [6, 6.07) is 0.202. The van der Waals surface area contributed by atoms with Crippen LogP contribution in [0.25, 0.3) is 0 Å². The van der Waals surface area contributed by atoms with Crippen molar-refractivity contribution >= 4 is 0 Å². The van der Waals surface area contributed by atoms with Crippen molar-refractivity contribution in [1.29, 1.82) is 0 Å². The summed E-state index contributed by atoms with van der Waals surface area (Å²) < 4.78 is 5.44. The summed E-state index contributed by atoms with van der Waals surface area (Å²) in [5, 5.41) is 0. The molecule has 0 aromatic heterocycles. The minimum absolute atomic E-state index is 0.158. The molecule has 2 rings (SSSR count). The molecule has 0 bridgehead atoms. The molecule has 1 aliphatic carbocycles. The number of nitrogens with zero attached hydrogens (tertiary/aromatic N) is 1. The van der Waals surface area contributed by atoms with E-state index in [2.05, 4.69) is 16.2 Å². The fourth-order valence-corrected chi connectivity index (χ4v) is 3.40. The molecule has 2 fully saturated rings. The van der Waals surface area contributed by atoms with Crippen LogP contribution in [0.1, 0.15) is 32.1 Å². The Morgan fingerprint density at radius 3 is 2.53 bits per heavy atom. The van der Waals surface area contributed by atoms with Gasteiger partial charge in [0.05, 0.1) is 19.3 Å². The van der Waals surface area contributed by atoms with Crippen molar-refractivity contribution in [2.24, 2.45) is 5.84 Å². The summed E-state index contributed by atoms with van der Waals surface area (Å²) >= 11 is 0. The Hall–Kier alpha value is -0.600. The molecular weight excluding hydrogens is 214 g/mol. The van der Waals surface area contributed by atoms with Crippen LogP contribution in [0.2, 0.25) is 0 Å². The van der Waals surface area contributed by atoms with Gasteiger partial charge in [0, 0.05) is 25.0 Å². The lowest BCUT2D eigenvalue weighted by Gasteiger charge is -2.47. The zero-order valence-corrected chi connectivity index (χ0v) is 10.5. The highest BCUT2D eigenvalue weighted by atomic mass is 16.5. The highest BCUT2D eigenvalue weighted by molar-refractivity contribution is 5.07. The zero-order valence-electron chi connectivity index (χ0n) is 10.5. The van der Waals surface area contributed by atoms with E-state index in [4.69, 9.17) is 17.0 Å². The molecule has 0 amide bonds. The molecule has 1 unspecified atom stereocenters. The van der Waals surface area contributed by atoms with E-state index in [-0.39, 0.29) is 11.6 Å². The maximum Gasteiger partial charge on any atom is 0.0594 e. The third kappa shape index (κ3) is 2.48. The summed E-state index contributed by atoms with van der Waals surface area (Å²) in [4.78, 5) is 2.55. The second-order valence-electron chi connectivity index (χ2n) is 5.04. The van der Waals surface area contributed by atoms with Gasteiger partial charge in [-0.15, -0.1) is 12.3 Å². The first-order valence-corrected chi connectivity index (χ1v) is 6.56. The van der Waals surface area contributed by atoms with Gasteiger partial charge in [-0.2, -0.15) is 0 Å². The lowest BCUT2D eigenvalue weighted by Crippen LogP contribution is -2.63. The van der Waals surface area contributed by atoms with Gasteiger partial charge in [-0.3, -0.25) is 16.2 Å². The molecule has 1 saturated heterocycles. The summed E-state index contributed by atoms with van der Waals surface area (Å²) in [6.07, 6.45) is 11.1. The second-order valence-corrected chi connectivity index (χ2v) is 5.04. The average molecular weight is 237 g/mol. The van der Waals surface area contributed by atoms with E-state index in [9.17, 15) is 0 Å². The SMILES string of the molecule is C#CCC(NN)C1(N2CCOCC2)CCCC1. The molecular formula is C13H23N3O. The molecule has 0 aromatic rings. The van der Waals surface area contributed by atoms with E-state index in [1.54, 1.807) is 0 Å². The molecule has 96 valence electrons. The number of ether oxygens (including phenoxy) is 1. The molecule has 4 heteroatoms. The second kappa shape index (κ2) is 5.83. The molecule has 1 heterocycles. The predicted octanol–water partition coefficient (Wildman–Crippen LogP) is 0.487. The monoisotopic (exact) mass is 237 g/mol. The van der Waals surface area contributed by atoms with Crippen LogP contribution in [0.15, 0.2) is 0 Å². The molecule has 1 atom stereocenters. The number of hydrogen-bond acceptors (Lipinski definition) is 4. The number of nitrogens with one attached hydrogen (secondary N) is 1. The van der Waals surface area contributed by atoms with Gasteiger partial charge in [-0.1, -0.05) is 12.8 Å². The molecule has 0 radical (unpaired) electrons. The van der Waals surface area contributed by atoms with Crippen molar-refractivity contribution in [2.45, 2.75) is 43.7 Å². The van der Waals surface area contributed by atoms with Crippen molar-refractivity contribution in [1.82, 2.24) is 10.3 Å². The van der Waals surface area contributed by atoms with Gasteiger partial charge in [-0.25, -0.2) is 0 Å². The molecule has 4 nitrogen and oxygen atoms in total. The number of hydrazine groups is 1. The lowest BCUT2D eigenvalue weighted by atomic mass is 9.84. The number of terminal acetylenes is 1. The third-order valence-corrected chi connectivity index (χ3v) is 4.28. The van der Waals surface area contributed by atoms with E-state index in [1.165, 1.54) is 25.7 Å². The van der Waals surface area contributed by atoms with Gasteiger partial charge in [0.25, 0.3) is 0 Å². The van der Waals surface area contributed by atoms with Crippen molar-refractivity contribution in [3.8, 4) is 12.3 Å². The Balaban J connectivity index is 2.15. The molecule has 0 aromatic carbocycles. The minimum atomic E-state index is 0.158. The van der Waals surface area contributed by atoms with Gasteiger partial charge < -0.3 is 4.74 Å². The molecule has 0 spiro atoms. The Morgan fingerprint density at radius 2 is 2.00 bits per heavy atom. The Labute approximate surface area is 104 Å². The Morgan fingerprint density at radius 1 is 1.35 bits per heavy atom. The highest BCUT2D eigenvalue weighted by Crippen LogP contribution is 2.39. The van der Waals surface area contributed by atoms with Crippen LogP contribution in [-0.2, 0) is 4.74 Å². The quantitative estimate of drug-likeness (QED) is 0.424.